The minimum Gasteiger partial charge on any atom is -0.395 e. The summed E-state index contributed by atoms with van der Waals surface area (Å²) in [7, 11) is 0. The molecule has 3 aromatic rings. The Morgan fingerprint density at radius 1 is 1.12 bits per heavy atom. The van der Waals surface area contributed by atoms with E-state index in [1.54, 1.807) is 12.1 Å². The van der Waals surface area contributed by atoms with Gasteiger partial charge in [-0.3, -0.25) is 9.59 Å². The second kappa shape index (κ2) is 13.2. The minimum atomic E-state index is -0.337. The van der Waals surface area contributed by atoms with Gasteiger partial charge in [-0.2, -0.15) is 0 Å². The number of likely N-dealkylation sites (tertiary alicyclic amines) is 1. The molecule has 2 atom stereocenters. The number of thiazole rings is 1. The Labute approximate surface area is 251 Å². The van der Waals surface area contributed by atoms with Crippen molar-refractivity contribution in [1.82, 2.24) is 25.5 Å². The molecule has 4 N–H and O–H groups in total. The summed E-state index contributed by atoms with van der Waals surface area (Å²) in [5.74, 6) is 0.0738. The molecule has 9 nitrogen and oxygen atoms in total. The van der Waals surface area contributed by atoms with Crippen LogP contribution in [0.25, 0.3) is 10.3 Å². The number of aliphatic hydroxyl groups is 2. The Bertz CT molecular complexity index is 1410. The van der Waals surface area contributed by atoms with Crippen LogP contribution in [0.15, 0.2) is 30.3 Å². The quantitative estimate of drug-likeness (QED) is 0.297. The topological polar surface area (TPSA) is 128 Å². The van der Waals surface area contributed by atoms with Crippen molar-refractivity contribution < 1.29 is 19.8 Å². The summed E-state index contributed by atoms with van der Waals surface area (Å²) >= 11 is 1.32. The highest BCUT2D eigenvalue weighted by Crippen LogP contribution is 2.38. The van der Waals surface area contributed by atoms with Gasteiger partial charge in [-0.05, 0) is 79.2 Å². The normalized spacial score (nSPS) is 18.9. The number of hydrogen-bond acceptors (Lipinski definition) is 8. The molecule has 5 rings (SSSR count). The maximum atomic E-state index is 13.6. The van der Waals surface area contributed by atoms with Gasteiger partial charge in [0.15, 0.2) is 5.01 Å². The summed E-state index contributed by atoms with van der Waals surface area (Å²) in [6.07, 6.45) is 4.95. The minimum absolute atomic E-state index is 0.133. The molecule has 0 bridgehead atoms. The second-order valence-corrected chi connectivity index (χ2v) is 13.7. The number of carbonyl (C=O) groups excluding carboxylic acids is 2. The van der Waals surface area contributed by atoms with Crippen LogP contribution in [0.4, 0.5) is 0 Å². The van der Waals surface area contributed by atoms with E-state index in [1.807, 2.05) is 12.1 Å². The number of pyridine rings is 1. The number of fused-ring (bicyclic) bond motifs is 2. The number of amides is 2. The fourth-order valence-electron chi connectivity index (χ4n) is 6.01. The molecule has 1 fully saturated rings. The lowest BCUT2D eigenvalue weighted by Gasteiger charge is -2.34. The number of aryl methyl sites for hydroxylation is 1. The number of aromatic nitrogens is 2. The van der Waals surface area contributed by atoms with Crippen LogP contribution in [0.3, 0.4) is 0 Å². The van der Waals surface area contributed by atoms with Crippen LogP contribution >= 0.6 is 11.3 Å². The molecule has 42 heavy (non-hydrogen) atoms. The lowest BCUT2D eigenvalue weighted by molar-refractivity contribution is 0.0795. The molecule has 1 aliphatic heterocycles. The number of benzene rings is 1. The van der Waals surface area contributed by atoms with Gasteiger partial charge in [0.25, 0.3) is 11.8 Å². The number of nitrogens with one attached hydrogen (secondary N) is 2. The van der Waals surface area contributed by atoms with Crippen LogP contribution < -0.4 is 10.6 Å². The molecule has 1 aliphatic carbocycles. The molecule has 0 saturated carbocycles. The van der Waals surface area contributed by atoms with Crippen LogP contribution in [-0.4, -0.2) is 75.8 Å². The smallest absolute Gasteiger partial charge is 0.280 e. The third-order valence-electron chi connectivity index (χ3n) is 8.71. The van der Waals surface area contributed by atoms with Crippen molar-refractivity contribution in [1.29, 1.82) is 0 Å². The molecule has 1 aromatic carbocycles. The van der Waals surface area contributed by atoms with Crippen LogP contribution in [0, 0.1) is 11.3 Å². The number of nitrogens with zero attached hydrogens (tertiary/aromatic N) is 3. The molecule has 3 heterocycles. The van der Waals surface area contributed by atoms with Gasteiger partial charge in [0.2, 0.25) is 0 Å². The summed E-state index contributed by atoms with van der Waals surface area (Å²) in [6.45, 7) is 9.31. The van der Waals surface area contributed by atoms with Crippen molar-refractivity contribution in [2.75, 3.05) is 32.8 Å². The van der Waals surface area contributed by atoms with Gasteiger partial charge in [0.05, 0.1) is 18.8 Å². The molecule has 0 unspecified atom stereocenters. The Hall–Kier alpha value is -2.92. The van der Waals surface area contributed by atoms with Crippen molar-refractivity contribution >= 4 is 33.5 Å². The average molecular weight is 594 g/mol. The van der Waals surface area contributed by atoms with Gasteiger partial charge in [-0.25, -0.2) is 9.97 Å². The summed E-state index contributed by atoms with van der Waals surface area (Å²) < 4.78 is 0. The number of piperidine rings is 1. The van der Waals surface area contributed by atoms with E-state index in [2.05, 4.69) is 42.4 Å². The van der Waals surface area contributed by atoms with Crippen molar-refractivity contribution in [3.8, 4) is 0 Å². The van der Waals surface area contributed by atoms with Gasteiger partial charge in [-0.1, -0.05) is 44.2 Å². The Balaban J connectivity index is 1.35. The number of rotatable bonds is 9. The fourth-order valence-corrected chi connectivity index (χ4v) is 6.86. The molecule has 0 spiro atoms. The maximum Gasteiger partial charge on any atom is 0.280 e. The predicted molar refractivity (Wildman–Crippen MR) is 165 cm³/mol. The standard InChI is InChI=1S/C32H43N5O4S/c1-32(2,3)23-7-8-25-22(18-23)19-27-30(35-25)42-31(36-27)29(41)34-26(11-15-37-13-9-24(39)10-14-37)20-5-4-6-21(17-20)28(40)33-12-16-38/h4-6,17,19,23-24,26,38-39H,7-16,18H2,1-3H3,(H,33,40)(H,34,41)/t23-,26+/m0/s1. The Kier molecular flexibility index (Phi) is 9.57. The van der Waals surface area contributed by atoms with Gasteiger partial charge in [0.1, 0.15) is 10.3 Å². The third-order valence-corrected chi connectivity index (χ3v) is 9.68. The molecule has 10 heteroatoms. The lowest BCUT2D eigenvalue weighted by atomic mass is 9.71. The zero-order valence-corrected chi connectivity index (χ0v) is 25.7. The van der Waals surface area contributed by atoms with E-state index in [0.717, 1.165) is 73.3 Å². The van der Waals surface area contributed by atoms with Crippen LogP contribution in [0.5, 0.6) is 0 Å². The molecular weight excluding hydrogens is 550 g/mol. The zero-order valence-electron chi connectivity index (χ0n) is 24.9. The van der Waals surface area contributed by atoms with Crippen LogP contribution in [0.2, 0.25) is 0 Å². The highest BCUT2D eigenvalue weighted by Gasteiger charge is 2.30. The summed E-state index contributed by atoms with van der Waals surface area (Å²) in [5, 5.41) is 25.3. The summed E-state index contributed by atoms with van der Waals surface area (Å²) in [6, 6.07) is 9.06. The van der Waals surface area contributed by atoms with E-state index in [9.17, 15) is 14.7 Å². The summed E-state index contributed by atoms with van der Waals surface area (Å²) in [4.78, 5) is 38.9. The number of carbonyl (C=O) groups is 2. The molecule has 0 radical (unpaired) electrons. The van der Waals surface area contributed by atoms with E-state index in [-0.39, 0.29) is 42.5 Å². The van der Waals surface area contributed by atoms with Crippen LogP contribution in [0.1, 0.15) is 89.5 Å². The molecule has 1 saturated heterocycles. The number of hydrogen-bond donors (Lipinski definition) is 4. The molecular formula is C32H43N5O4S. The first-order chi connectivity index (χ1) is 20.1. The van der Waals surface area contributed by atoms with Crippen molar-refractivity contribution in [2.45, 2.75) is 71.4 Å². The molecule has 2 aliphatic rings. The highest BCUT2D eigenvalue weighted by molar-refractivity contribution is 7.19. The first-order valence-corrected chi connectivity index (χ1v) is 15.9. The van der Waals surface area contributed by atoms with Gasteiger partial charge in [0, 0.05) is 37.4 Å². The van der Waals surface area contributed by atoms with Crippen molar-refractivity contribution in [3.05, 3.63) is 57.7 Å². The fraction of sp³-hybridized carbons (Fsp3) is 0.562. The van der Waals surface area contributed by atoms with Crippen molar-refractivity contribution in [2.24, 2.45) is 11.3 Å². The van der Waals surface area contributed by atoms with Gasteiger partial charge < -0.3 is 25.7 Å². The van der Waals surface area contributed by atoms with E-state index in [4.69, 9.17) is 15.1 Å². The molecule has 226 valence electrons. The zero-order chi connectivity index (χ0) is 29.9. The predicted octanol–water partition coefficient (Wildman–Crippen LogP) is 3.88. The molecule has 2 aromatic heterocycles. The highest BCUT2D eigenvalue weighted by atomic mass is 32.1. The monoisotopic (exact) mass is 593 g/mol. The third kappa shape index (κ3) is 7.34. The SMILES string of the molecule is CC(C)(C)[C@H]1CCc2nc3sc(C(=O)N[C@H](CCN4CCC(O)CC4)c4cccc(C(=O)NCCO)c4)nc3cc2C1. The lowest BCUT2D eigenvalue weighted by Crippen LogP contribution is -2.38. The Morgan fingerprint density at radius 3 is 2.64 bits per heavy atom. The van der Waals surface area contributed by atoms with E-state index < -0.39 is 0 Å². The van der Waals surface area contributed by atoms with Gasteiger partial charge in [-0.15, -0.1) is 0 Å². The van der Waals surface area contributed by atoms with E-state index in [0.29, 0.717) is 22.9 Å². The summed E-state index contributed by atoms with van der Waals surface area (Å²) in [5.41, 5.74) is 4.68. The Morgan fingerprint density at radius 2 is 1.90 bits per heavy atom. The number of aliphatic hydroxyl groups excluding tert-OH is 2. The first-order valence-electron chi connectivity index (χ1n) is 15.1. The van der Waals surface area contributed by atoms with Crippen molar-refractivity contribution in [3.63, 3.8) is 0 Å². The van der Waals surface area contributed by atoms with Crippen LogP contribution in [-0.2, 0) is 12.8 Å². The van der Waals surface area contributed by atoms with Gasteiger partial charge >= 0.3 is 0 Å². The maximum absolute atomic E-state index is 13.6. The van der Waals surface area contributed by atoms with E-state index >= 15 is 0 Å². The average Bonchev–Trinajstić information content (AvgIpc) is 3.40. The molecule has 2 amide bonds. The first kappa shape index (κ1) is 30.5. The second-order valence-electron chi connectivity index (χ2n) is 12.7. The largest absolute Gasteiger partial charge is 0.395 e. The van der Waals surface area contributed by atoms with E-state index in [1.165, 1.54) is 16.9 Å².